The van der Waals surface area contributed by atoms with Crippen molar-refractivity contribution in [2.75, 3.05) is 0 Å². The van der Waals surface area contributed by atoms with Crippen LogP contribution in [0.2, 0.25) is 0 Å². The van der Waals surface area contributed by atoms with Gasteiger partial charge in [0.1, 0.15) is 12.4 Å². The Morgan fingerprint density at radius 3 is 1.12 bits per heavy atom. The van der Waals surface area contributed by atoms with E-state index in [0.29, 0.717) is 12.0 Å². The van der Waals surface area contributed by atoms with Crippen LogP contribution in [0.1, 0.15) is 245 Å². The lowest BCUT2D eigenvalue weighted by Crippen LogP contribution is -2.41. The highest BCUT2D eigenvalue weighted by atomic mass is 15.1. The minimum atomic E-state index is 0.620. The first kappa shape index (κ1) is 39.2. The summed E-state index contributed by atoms with van der Waals surface area (Å²) >= 11 is 0. The smallest absolute Gasteiger partial charge is 0.247 e. The first-order valence-electron chi connectivity index (χ1n) is 19.8. The van der Waals surface area contributed by atoms with E-state index in [1.54, 1.807) is 0 Å². The second kappa shape index (κ2) is 30.2. The molecule has 0 aliphatic carbocycles. The molecule has 0 aliphatic heterocycles. The van der Waals surface area contributed by atoms with Gasteiger partial charge in [-0.15, -0.1) is 0 Å². The highest BCUT2D eigenvalue weighted by Gasteiger charge is 2.25. The Morgan fingerprint density at radius 2 is 0.762 bits per heavy atom. The lowest BCUT2D eigenvalue weighted by Gasteiger charge is -2.17. The molecule has 0 bridgehead atoms. The van der Waals surface area contributed by atoms with Gasteiger partial charge in [0.05, 0.1) is 12.0 Å². The summed E-state index contributed by atoms with van der Waals surface area (Å²) in [5.41, 5.74) is 0. The molecule has 0 amide bonds. The third-order valence-electron chi connectivity index (χ3n) is 9.89. The van der Waals surface area contributed by atoms with Gasteiger partial charge < -0.3 is 0 Å². The molecular weight excluding hydrogens is 508 g/mol. The number of unbranched alkanes of at least 4 members (excludes halogenated alkanes) is 25. The molecule has 0 aromatic carbocycles. The molecule has 248 valence electrons. The Balaban J connectivity index is 2.34. The number of aromatic amines is 1. The molecule has 0 spiro atoms. The van der Waals surface area contributed by atoms with Crippen molar-refractivity contribution in [1.29, 1.82) is 0 Å². The molecule has 2 heteroatoms. The SMILES string of the molecule is CCCCCCCCCCCCCCC(CCCCCCC)c1[nH]cc[n+]1C(C)CCCCCCCCCCCCC. The van der Waals surface area contributed by atoms with Crippen molar-refractivity contribution in [3.05, 3.63) is 18.2 Å². The van der Waals surface area contributed by atoms with E-state index in [4.69, 9.17) is 0 Å². The van der Waals surface area contributed by atoms with Gasteiger partial charge in [-0.2, -0.15) is 0 Å². The van der Waals surface area contributed by atoms with Gasteiger partial charge in [-0.25, -0.2) is 9.55 Å². The van der Waals surface area contributed by atoms with E-state index >= 15 is 0 Å². The number of nitrogens with zero attached hydrogens (tertiary/aromatic N) is 1. The van der Waals surface area contributed by atoms with Crippen LogP contribution in [0, 0.1) is 0 Å². The van der Waals surface area contributed by atoms with E-state index in [1.165, 1.54) is 205 Å². The molecular formula is C40H79N2+. The Bertz CT molecular complexity index is 650. The monoisotopic (exact) mass is 588 g/mol. The van der Waals surface area contributed by atoms with Crippen molar-refractivity contribution >= 4 is 0 Å². The van der Waals surface area contributed by atoms with Gasteiger partial charge in [0, 0.05) is 0 Å². The predicted octanol–water partition coefficient (Wildman–Crippen LogP) is 14.1. The van der Waals surface area contributed by atoms with Crippen LogP contribution in [-0.2, 0) is 0 Å². The summed E-state index contributed by atoms with van der Waals surface area (Å²) in [5, 5.41) is 0. The summed E-state index contributed by atoms with van der Waals surface area (Å²) < 4.78 is 2.63. The van der Waals surface area contributed by atoms with Gasteiger partial charge in [0.2, 0.25) is 0 Å². The van der Waals surface area contributed by atoms with Gasteiger partial charge in [-0.3, -0.25) is 0 Å². The highest BCUT2D eigenvalue weighted by Crippen LogP contribution is 2.27. The number of imidazole rings is 1. The van der Waals surface area contributed by atoms with Crippen molar-refractivity contribution in [2.24, 2.45) is 0 Å². The van der Waals surface area contributed by atoms with E-state index in [1.807, 2.05) is 0 Å². The summed E-state index contributed by atoms with van der Waals surface area (Å²) in [4.78, 5) is 3.74. The second-order valence-electron chi connectivity index (χ2n) is 14.0. The summed E-state index contributed by atoms with van der Waals surface area (Å²) in [5.74, 6) is 2.24. The standard InChI is InChI=1S/C40H78N2/c1-5-8-11-14-16-18-20-22-24-26-29-32-35-39(34-31-27-13-10-7-3)40-41-36-37-42(40)38(4)33-30-28-25-23-21-19-17-15-12-9-6-2/h36-39H,5-35H2,1-4H3/p+1. The fourth-order valence-electron chi connectivity index (χ4n) is 6.96. The zero-order chi connectivity index (χ0) is 30.4. The first-order valence-corrected chi connectivity index (χ1v) is 19.8. The van der Waals surface area contributed by atoms with E-state index < -0.39 is 0 Å². The summed E-state index contributed by atoms with van der Waals surface area (Å²) in [6, 6.07) is 0.620. The topological polar surface area (TPSA) is 19.7 Å². The molecule has 0 radical (unpaired) electrons. The summed E-state index contributed by atoms with van der Waals surface area (Å²) in [6.07, 6.45) is 48.7. The zero-order valence-electron chi connectivity index (χ0n) is 29.7. The lowest BCUT2D eigenvalue weighted by atomic mass is 9.93. The molecule has 1 rings (SSSR count). The average Bonchev–Trinajstić information content (AvgIpc) is 3.49. The van der Waals surface area contributed by atoms with Crippen molar-refractivity contribution in [3.8, 4) is 0 Å². The Kier molecular flexibility index (Phi) is 28.3. The van der Waals surface area contributed by atoms with Crippen molar-refractivity contribution in [1.82, 2.24) is 4.98 Å². The third kappa shape index (κ3) is 21.8. The van der Waals surface area contributed by atoms with E-state index in [-0.39, 0.29) is 0 Å². The molecule has 1 aromatic rings. The first-order chi connectivity index (χ1) is 20.7. The molecule has 2 atom stereocenters. The maximum absolute atomic E-state index is 3.74. The molecule has 1 aromatic heterocycles. The van der Waals surface area contributed by atoms with Crippen LogP contribution in [-0.4, -0.2) is 4.98 Å². The Morgan fingerprint density at radius 1 is 0.452 bits per heavy atom. The van der Waals surface area contributed by atoms with Crippen molar-refractivity contribution in [2.45, 2.75) is 239 Å². The molecule has 0 aliphatic rings. The molecule has 0 saturated carbocycles. The van der Waals surface area contributed by atoms with Gasteiger partial charge in [0.25, 0.3) is 5.82 Å². The average molecular weight is 588 g/mol. The fourth-order valence-corrected chi connectivity index (χ4v) is 6.96. The number of hydrogen-bond acceptors (Lipinski definition) is 0. The maximum Gasteiger partial charge on any atom is 0.257 e. The van der Waals surface area contributed by atoms with Gasteiger partial charge in [-0.05, 0) is 32.6 Å². The van der Waals surface area contributed by atoms with Gasteiger partial charge in [0.15, 0.2) is 0 Å². The minimum absolute atomic E-state index is 0.620. The van der Waals surface area contributed by atoms with Crippen LogP contribution in [0.4, 0.5) is 0 Å². The van der Waals surface area contributed by atoms with Crippen LogP contribution < -0.4 is 4.57 Å². The highest BCUT2D eigenvalue weighted by molar-refractivity contribution is 4.90. The summed E-state index contributed by atoms with van der Waals surface area (Å²) in [6.45, 7) is 9.42. The maximum atomic E-state index is 3.74. The van der Waals surface area contributed by atoms with Crippen LogP contribution in [0.5, 0.6) is 0 Å². The van der Waals surface area contributed by atoms with E-state index in [2.05, 4.69) is 49.6 Å². The Labute approximate surface area is 266 Å². The van der Waals surface area contributed by atoms with Crippen molar-refractivity contribution < 1.29 is 4.57 Å². The van der Waals surface area contributed by atoms with Crippen LogP contribution >= 0.6 is 0 Å². The summed E-state index contributed by atoms with van der Waals surface area (Å²) in [7, 11) is 0. The number of H-pyrrole nitrogens is 1. The molecule has 1 N–H and O–H groups in total. The fraction of sp³-hybridized carbons (Fsp3) is 0.925. The second-order valence-corrected chi connectivity index (χ2v) is 14.0. The predicted molar refractivity (Wildman–Crippen MR) is 189 cm³/mol. The van der Waals surface area contributed by atoms with Crippen LogP contribution in [0.3, 0.4) is 0 Å². The van der Waals surface area contributed by atoms with Crippen molar-refractivity contribution in [3.63, 3.8) is 0 Å². The Hall–Kier alpha value is -0.790. The zero-order valence-corrected chi connectivity index (χ0v) is 29.7. The number of hydrogen-bond donors (Lipinski definition) is 1. The van der Waals surface area contributed by atoms with E-state index in [9.17, 15) is 0 Å². The molecule has 2 unspecified atom stereocenters. The normalized spacial score (nSPS) is 13.1. The van der Waals surface area contributed by atoms with E-state index in [0.717, 1.165) is 0 Å². The third-order valence-corrected chi connectivity index (χ3v) is 9.89. The quantitative estimate of drug-likeness (QED) is 0.0623. The lowest BCUT2D eigenvalue weighted by molar-refractivity contribution is -0.727. The van der Waals surface area contributed by atoms with Crippen LogP contribution in [0.15, 0.2) is 12.4 Å². The molecule has 2 nitrogen and oxygen atoms in total. The number of rotatable bonds is 33. The number of nitrogens with one attached hydrogen (secondary N) is 1. The molecule has 0 saturated heterocycles. The van der Waals surface area contributed by atoms with Gasteiger partial charge in [-0.1, -0.05) is 194 Å². The van der Waals surface area contributed by atoms with Crippen LogP contribution in [0.25, 0.3) is 0 Å². The molecule has 42 heavy (non-hydrogen) atoms. The number of aromatic nitrogens is 2. The molecule has 1 heterocycles. The molecule has 0 fully saturated rings. The van der Waals surface area contributed by atoms with Gasteiger partial charge >= 0.3 is 0 Å². The largest absolute Gasteiger partial charge is 0.257 e. The minimum Gasteiger partial charge on any atom is -0.247 e.